The summed E-state index contributed by atoms with van der Waals surface area (Å²) in [4.78, 5) is 11.7. The first-order valence-corrected chi connectivity index (χ1v) is 10.3. The van der Waals surface area contributed by atoms with Gasteiger partial charge in [0.15, 0.2) is 11.6 Å². The lowest BCUT2D eigenvalue weighted by Gasteiger charge is -2.05. The summed E-state index contributed by atoms with van der Waals surface area (Å²) < 4.78 is 31.0. The number of hydrogen-bond donors (Lipinski definition) is 0. The van der Waals surface area contributed by atoms with Gasteiger partial charge in [0.1, 0.15) is 0 Å². The van der Waals surface area contributed by atoms with E-state index in [9.17, 15) is 13.6 Å². The summed E-state index contributed by atoms with van der Waals surface area (Å²) >= 11 is 0. The molecule has 0 saturated heterocycles. The Kier molecular flexibility index (Phi) is 12.8. The van der Waals surface area contributed by atoms with Crippen molar-refractivity contribution in [3.63, 3.8) is 0 Å². The fraction of sp³-hybridized carbons (Fsp3) is 0.682. The molecule has 26 heavy (non-hydrogen) atoms. The number of hydrogen-bond acceptors (Lipinski definition) is 2. The van der Waals surface area contributed by atoms with Crippen molar-refractivity contribution in [2.45, 2.75) is 90.4 Å². The van der Waals surface area contributed by atoms with E-state index in [0.717, 1.165) is 31.4 Å². The van der Waals surface area contributed by atoms with Gasteiger partial charge < -0.3 is 4.74 Å². The van der Waals surface area contributed by atoms with Crippen molar-refractivity contribution in [2.75, 3.05) is 6.61 Å². The number of rotatable bonds is 15. The normalized spacial score (nSPS) is 10.9. The molecule has 1 aromatic carbocycles. The lowest BCUT2D eigenvalue weighted by molar-refractivity contribution is 0.0497. The van der Waals surface area contributed by atoms with Crippen LogP contribution in [0.5, 0.6) is 0 Å². The van der Waals surface area contributed by atoms with Gasteiger partial charge in [-0.05, 0) is 24.6 Å². The van der Waals surface area contributed by atoms with Crippen LogP contribution in [0.2, 0.25) is 0 Å². The lowest BCUT2D eigenvalue weighted by atomic mass is 10.0. The third-order valence-corrected chi connectivity index (χ3v) is 4.64. The van der Waals surface area contributed by atoms with Crippen LogP contribution >= 0.6 is 0 Å². The monoisotopic (exact) mass is 368 g/mol. The Labute approximate surface area is 157 Å². The van der Waals surface area contributed by atoms with Gasteiger partial charge in [-0.1, -0.05) is 84.0 Å². The predicted octanol–water partition coefficient (Wildman–Crippen LogP) is 7.21. The molecule has 1 aromatic rings. The van der Waals surface area contributed by atoms with E-state index < -0.39 is 17.6 Å². The summed E-state index contributed by atoms with van der Waals surface area (Å²) in [5.74, 6) is -2.58. The van der Waals surface area contributed by atoms with Gasteiger partial charge in [0.05, 0.1) is 12.2 Å². The second-order valence-electron chi connectivity index (χ2n) is 7.01. The second-order valence-corrected chi connectivity index (χ2v) is 7.01. The molecule has 0 fully saturated rings. The molecule has 0 bridgehead atoms. The van der Waals surface area contributed by atoms with Crippen LogP contribution in [0.4, 0.5) is 8.78 Å². The minimum atomic E-state index is -1.03. The Morgan fingerprint density at radius 2 is 1.27 bits per heavy atom. The summed E-state index contributed by atoms with van der Waals surface area (Å²) in [6.07, 6.45) is 16.4. The molecule has 0 spiro atoms. The zero-order chi connectivity index (χ0) is 19.0. The van der Waals surface area contributed by atoms with Crippen molar-refractivity contribution in [3.8, 4) is 0 Å². The molecular weight excluding hydrogens is 334 g/mol. The van der Waals surface area contributed by atoms with Gasteiger partial charge >= 0.3 is 5.97 Å². The fourth-order valence-corrected chi connectivity index (χ4v) is 2.99. The molecule has 1 rings (SSSR count). The number of unbranched alkanes of at least 4 members (excludes halogenated alkanes) is 12. The summed E-state index contributed by atoms with van der Waals surface area (Å²) in [5.41, 5.74) is 0.0543. The first-order valence-electron chi connectivity index (χ1n) is 10.3. The number of carbonyl (C=O) groups excluding carboxylic acids is 1. The van der Waals surface area contributed by atoms with Crippen molar-refractivity contribution in [1.29, 1.82) is 0 Å². The van der Waals surface area contributed by atoms with Crippen LogP contribution in [-0.2, 0) is 4.74 Å². The first kappa shape index (κ1) is 22.6. The van der Waals surface area contributed by atoms with Crippen molar-refractivity contribution < 1.29 is 18.3 Å². The molecule has 0 N–H and O–H groups in total. The van der Waals surface area contributed by atoms with Crippen molar-refractivity contribution in [1.82, 2.24) is 0 Å². The number of benzene rings is 1. The Balaban J connectivity index is 1.90. The standard InChI is InChI=1S/C22H34F2O2/c1-2-3-4-5-6-7-8-9-10-11-12-13-14-17-26-22(25)19-15-16-20(23)21(24)18-19/h15-16,18H,2-14,17H2,1H3. The maximum absolute atomic E-state index is 13.1. The van der Waals surface area contributed by atoms with Crippen molar-refractivity contribution >= 4 is 5.97 Å². The van der Waals surface area contributed by atoms with Crippen LogP contribution in [-0.4, -0.2) is 12.6 Å². The van der Waals surface area contributed by atoms with Crippen LogP contribution in [0, 0.1) is 11.6 Å². The maximum Gasteiger partial charge on any atom is 0.338 e. The number of esters is 1. The smallest absolute Gasteiger partial charge is 0.338 e. The molecule has 0 amide bonds. The average Bonchev–Trinajstić information content (AvgIpc) is 2.64. The van der Waals surface area contributed by atoms with E-state index in [1.165, 1.54) is 70.3 Å². The van der Waals surface area contributed by atoms with Gasteiger partial charge in [0.25, 0.3) is 0 Å². The fourth-order valence-electron chi connectivity index (χ4n) is 2.99. The van der Waals surface area contributed by atoms with Gasteiger partial charge in [-0.25, -0.2) is 13.6 Å². The van der Waals surface area contributed by atoms with E-state index in [4.69, 9.17) is 4.74 Å². The summed E-state index contributed by atoms with van der Waals surface area (Å²) in [7, 11) is 0. The highest BCUT2D eigenvalue weighted by Crippen LogP contribution is 2.13. The van der Waals surface area contributed by atoms with E-state index in [1.54, 1.807) is 0 Å². The number of halogens is 2. The molecule has 0 saturated carbocycles. The summed E-state index contributed by atoms with van der Waals surface area (Å²) in [6.45, 7) is 2.58. The van der Waals surface area contributed by atoms with Crippen LogP contribution in [0.3, 0.4) is 0 Å². The maximum atomic E-state index is 13.1. The third-order valence-electron chi connectivity index (χ3n) is 4.64. The summed E-state index contributed by atoms with van der Waals surface area (Å²) in [6, 6.07) is 3.06. The van der Waals surface area contributed by atoms with E-state index in [0.29, 0.717) is 6.61 Å². The van der Waals surface area contributed by atoms with E-state index in [1.807, 2.05) is 0 Å². The molecule has 0 heterocycles. The van der Waals surface area contributed by atoms with Gasteiger partial charge in [0, 0.05) is 0 Å². The average molecular weight is 369 g/mol. The molecule has 2 nitrogen and oxygen atoms in total. The molecule has 0 aliphatic rings. The Morgan fingerprint density at radius 3 is 1.77 bits per heavy atom. The van der Waals surface area contributed by atoms with Gasteiger partial charge in [-0.15, -0.1) is 0 Å². The van der Waals surface area contributed by atoms with Crippen LogP contribution in [0.25, 0.3) is 0 Å². The minimum absolute atomic E-state index is 0.0543. The minimum Gasteiger partial charge on any atom is -0.462 e. The zero-order valence-electron chi connectivity index (χ0n) is 16.2. The molecule has 0 aliphatic carbocycles. The largest absolute Gasteiger partial charge is 0.462 e. The lowest BCUT2D eigenvalue weighted by Crippen LogP contribution is -2.07. The van der Waals surface area contributed by atoms with Crippen LogP contribution in [0.15, 0.2) is 18.2 Å². The highest BCUT2D eigenvalue weighted by molar-refractivity contribution is 5.89. The quantitative estimate of drug-likeness (QED) is 0.241. The second kappa shape index (κ2) is 14.7. The molecule has 0 radical (unpaired) electrons. The molecule has 0 aromatic heterocycles. The van der Waals surface area contributed by atoms with Crippen LogP contribution < -0.4 is 0 Å². The highest BCUT2D eigenvalue weighted by Gasteiger charge is 2.10. The molecule has 0 unspecified atom stereocenters. The Hall–Kier alpha value is -1.45. The van der Waals surface area contributed by atoms with Crippen LogP contribution in [0.1, 0.15) is 101 Å². The Morgan fingerprint density at radius 1 is 0.769 bits per heavy atom. The van der Waals surface area contributed by atoms with E-state index >= 15 is 0 Å². The third kappa shape index (κ3) is 10.5. The summed E-state index contributed by atoms with van der Waals surface area (Å²) in [5, 5.41) is 0. The van der Waals surface area contributed by atoms with E-state index in [2.05, 4.69) is 6.92 Å². The highest BCUT2D eigenvalue weighted by atomic mass is 19.2. The van der Waals surface area contributed by atoms with Crippen molar-refractivity contribution in [3.05, 3.63) is 35.4 Å². The zero-order valence-corrected chi connectivity index (χ0v) is 16.2. The predicted molar refractivity (Wildman–Crippen MR) is 102 cm³/mol. The number of ether oxygens (including phenoxy) is 1. The molecule has 4 heteroatoms. The molecule has 148 valence electrons. The van der Waals surface area contributed by atoms with E-state index in [-0.39, 0.29) is 5.56 Å². The SMILES string of the molecule is CCCCCCCCCCCCCCCOC(=O)c1ccc(F)c(F)c1. The number of carbonyl (C=O) groups is 1. The Bertz CT molecular complexity index is 503. The topological polar surface area (TPSA) is 26.3 Å². The van der Waals surface area contributed by atoms with Gasteiger partial charge in [-0.2, -0.15) is 0 Å². The van der Waals surface area contributed by atoms with Gasteiger partial charge in [-0.3, -0.25) is 0 Å². The first-order chi connectivity index (χ1) is 12.6. The molecular formula is C22H34F2O2. The van der Waals surface area contributed by atoms with Crippen molar-refractivity contribution in [2.24, 2.45) is 0 Å². The molecule has 0 atom stereocenters. The van der Waals surface area contributed by atoms with Gasteiger partial charge in [0.2, 0.25) is 0 Å². The molecule has 0 aliphatic heterocycles.